The number of carbonyl (C=O) groups excluding carboxylic acids is 3. The van der Waals surface area contributed by atoms with Gasteiger partial charge in [-0.15, -0.1) is 0 Å². The quantitative estimate of drug-likeness (QED) is 0.0217. The Morgan fingerprint density at radius 2 is 0.581 bits per heavy atom. The number of methoxy groups -OCH3 is 1. The highest BCUT2D eigenvalue weighted by Crippen LogP contribution is 2.48. The summed E-state index contributed by atoms with van der Waals surface area (Å²) in [7, 11) is 1.39. The van der Waals surface area contributed by atoms with Gasteiger partial charge in [0.2, 0.25) is 0 Å². The van der Waals surface area contributed by atoms with Crippen LogP contribution in [-0.4, -0.2) is 68.8 Å². The zero-order chi connectivity index (χ0) is 87.3. The van der Waals surface area contributed by atoms with Crippen LogP contribution >= 0.6 is 15.9 Å². The lowest BCUT2D eigenvalue weighted by molar-refractivity contribution is -0.153. The van der Waals surface area contributed by atoms with Crippen molar-refractivity contribution in [1.82, 2.24) is 5.48 Å². The number of halogens is 6. The average Bonchev–Trinajstić information content (AvgIpc) is 1.54. The van der Waals surface area contributed by atoms with Crippen LogP contribution in [0.5, 0.6) is 0 Å². The predicted molar refractivity (Wildman–Crippen MR) is 474 cm³/mol. The largest absolute Gasteiger partial charge is 0.465 e. The van der Waals surface area contributed by atoms with E-state index in [4.69, 9.17) is 44.1 Å². The van der Waals surface area contributed by atoms with Crippen molar-refractivity contribution >= 4 is 39.5 Å². The Labute approximate surface area is 731 Å². The molecule has 0 bridgehead atoms. The summed E-state index contributed by atoms with van der Waals surface area (Å²) in [6, 6.07) is 88.5. The van der Waals surface area contributed by atoms with Crippen LogP contribution in [0.25, 0.3) is 0 Å². The first-order valence-electron chi connectivity index (χ1n) is 42.2. The maximum absolute atomic E-state index is 13.4. The number of ether oxygens (including phenoxy) is 7. The summed E-state index contributed by atoms with van der Waals surface area (Å²) in [5, 5.41) is 8.69. The molecule has 5 aliphatic heterocycles. The van der Waals surface area contributed by atoms with Crippen LogP contribution < -0.4 is 11.2 Å². The van der Waals surface area contributed by atoms with E-state index in [0.717, 1.165) is 180 Å². The molecule has 5 atom stereocenters. The fourth-order valence-electron chi connectivity index (χ4n) is 17.1. The summed E-state index contributed by atoms with van der Waals surface area (Å²) in [6.45, 7) is 9.13. The van der Waals surface area contributed by atoms with Crippen LogP contribution in [0.15, 0.2) is 296 Å². The first-order valence-corrected chi connectivity index (χ1v) is 43.0. The van der Waals surface area contributed by atoms with Gasteiger partial charge in [0, 0.05) is 48.8 Å². The van der Waals surface area contributed by atoms with E-state index in [0.29, 0.717) is 30.9 Å². The molecule has 0 radical (unpaired) electrons. The van der Waals surface area contributed by atoms with Crippen molar-refractivity contribution in [1.29, 1.82) is 0 Å². The number of amides is 1. The smallest absolute Gasteiger partial charge is 0.337 e. The van der Waals surface area contributed by atoms with Gasteiger partial charge in [-0.1, -0.05) is 198 Å². The lowest BCUT2D eigenvalue weighted by atomic mass is 9.83. The Kier molecular flexibility index (Phi) is 30.3. The Morgan fingerprint density at radius 3 is 0.815 bits per heavy atom. The topological polar surface area (TPSA) is 174 Å². The third-order valence-corrected chi connectivity index (χ3v) is 24.0. The molecule has 0 spiro atoms. The van der Waals surface area contributed by atoms with Gasteiger partial charge in [0.1, 0.15) is 62.7 Å². The van der Waals surface area contributed by atoms with Crippen LogP contribution in [0, 0.1) is 29.1 Å². The molecule has 5 saturated heterocycles. The number of anilines is 1. The van der Waals surface area contributed by atoms with E-state index < -0.39 is 39.5 Å². The van der Waals surface area contributed by atoms with Crippen LogP contribution in [0.4, 0.5) is 27.6 Å². The number of carbonyl (C=O) groups is 3. The highest BCUT2D eigenvalue weighted by Gasteiger charge is 2.44. The molecular weight excluding hydrogens is 1640 g/mol. The molecule has 1 amide bonds. The van der Waals surface area contributed by atoms with Gasteiger partial charge in [0.25, 0.3) is 5.91 Å². The first kappa shape index (κ1) is 90.5. The molecule has 12 aromatic rings. The minimum absolute atomic E-state index is 0.215. The lowest BCUT2D eigenvalue weighted by Crippen LogP contribution is -2.26. The number of benzene rings is 12. The van der Waals surface area contributed by atoms with Crippen LogP contribution in [-0.2, 0) is 98.1 Å². The van der Waals surface area contributed by atoms with Gasteiger partial charge in [-0.2, -0.15) is 0 Å². The van der Waals surface area contributed by atoms with Gasteiger partial charge in [0.05, 0.1) is 19.1 Å². The SMILES string of the molecule is CC(C)(C)OC(=O)Cc1ccc(C2(c3ccc(F)cc3)CCCO2)cc1.COC(=O)c1ccc(CCc2ccc(C3(c4ccc(F)cc4)CCCO3)cc2)cc1.Fc1ccc(C2(c3ccc(Br)cc3)CCCO2)cc1.Nc1ccc(C2(c3ccc(F)cc3)CCCO2)cc1.O=C(NO)c1ccc(CCc2ccc(C3(c4ccc(F)cc4)CCCO3)cc2)cc1. The van der Waals surface area contributed by atoms with Gasteiger partial charge in [-0.3, -0.25) is 14.8 Å². The fraction of sp³-hybridized carbons (Fsp3) is 0.286. The second-order valence-corrected chi connectivity index (χ2v) is 33.7. The fourth-order valence-corrected chi connectivity index (χ4v) is 17.3. The van der Waals surface area contributed by atoms with Crippen LogP contribution in [0.2, 0.25) is 0 Å². The minimum atomic E-state index is -0.544. The second-order valence-electron chi connectivity index (χ2n) is 32.7. The van der Waals surface area contributed by atoms with Crippen molar-refractivity contribution in [2.24, 2.45) is 0 Å². The summed E-state index contributed by atoms with van der Waals surface area (Å²) in [6.07, 6.45) is 13.2. The molecule has 5 fully saturated rings. The van der Waals surface area contributed by atoms with Crippen molar-refractivity contribution in [2.45, 2.75) is 151 Å². The number of nitrogens with two attached hydrogens (primary N) is 1. The number of hydrogen-bond donors (Lipinski definition) is 3. The summed E-state index contributed by atoms with van der Waals surface area (Å²) < 4.78 is 108. The number of hydrogen-bond acceptors (Lipinski definition) is 12. The zero-order valence-electron chi connectivity index (χ0n) is 70.2. The first-order chi connectivity index (χ1) is 59.9. The van der Waals surface area contributed by atoms with Crippen molar-refractivity contribution in [3.63, 3.8) is 0 Å². The van der Waals surface area contributed by atoms with Gasteiger partial charge in [0.15, 0.2) is 0 Å². The molecular formula is C105H104BrF5N2O11. The summed E-state index contributed by atoms with van der Waals surface area (Å²) in [5.41, 5.74) is 22.2. The van der Waals surface area contributed by atoms with Crippen LogP contribution in [0.1, 0.15) is 189 Å². The summed E-state index contributed by atoms with van der Waals surface area (Å²) in [5.74, 6) is -2.25. The van der Waals surface area contributed by atoms with E-state index in [2.05, 4.69) is 76.6 Å². The average molecular weight is 1740 g/mol. The zero-order valence-corrected chi connectivity index (χ0v) is 71.8. The number of esters is 2. The van der Waals surface area contributed by atoms with E-state index in [1.54, 1.807) is 54.0 Å². The molecule has 4 N–H and O–H groups in total. The lowest BCUT2D eigenvalue weighted by Gasteiger charge is -2.30. The van der Waals surface area contributed by atoms with Crippen molar-refractivity contribution in [3.05, 3.63) is 419 Å². The maximum Gasteiger partial charge on any atom is 0.337 e. The number of nitrogen functional groups attached to an aromatic ring is 1. The molecule has 0 saturated carbocycles. The normalized spacial score (nSPS) is 20.0. The molecule has 642 valence electrons. The van der Waals surface area contributed by atoms with Crippen molar-refractivity contribution in [2.75, 3.05) is 45.9 Å². The molecule has 5 aliphatic rings. The van der Waals surface area contributed by atoms with E-state index in [1.807, 2.05) is 142 Å². The molecule has 13 nitrogen and oxygen atoms in total. The number of hydroxylamine groups is 1. The van der Waals surface area contributed by atoms with E-state index in [-0.39, 0.29) is 47.4 Å². The molecule has 124 heavy (non-hydrogen) atoms. The molecule has 0 aliphatic carbocycles. The summed E-state index contributed by atoms with van der Waals surface area (Å²) in [4.78, 5) is 34.9. The molecule has 17 rings (SSSR count). The Morgan fingerprint density at radius 1 is 0.355 bits per heavy atom. The Bertz CT molecular complexity index is 5050. The molecule has 12 aromatic carbocycles. The molecule has 5 unspecified atom stereocenters. The van der Waals surface area contributed by atoms with E-state index in [9.17, 15) is 36.3 Å². The van der Waals surface area contributed by atoms with E-state index in [1.165, 1.54) is 84.5 Å². The van der Waals surface area contributed by atoms with E-state index >= 15 is 0 Å². The Balaban J connectivity index is 0.000000135. The molecule has 19 heteroatoms. The van der Waals surface area contributed by atoms with Crippen LogP contribution in [0.3, 0.4) is 0 Å². The summed E-state index contributed by atoms with van der Waals surface area (Å²) >= 11 is 3.45. The van der Waals surface area contributed by atoms with Crippen molar-refractivity contribution in [3.8, 4) is 0 Å². The molecule has 5 heterocycles. The van der Waals surface area contributed by atoms with Crippen molar-refractivity contribution < 1.29 is 74.7 Å². The van der Waals surface area contributed by atoms with Gasteiger partial charge >= 0.3 is 11.9 Å². The number of nitrogens with one attached hydrogen (secondary N) is 1. The number of aryl methyl sites for hydroxylation is 4. The second kappa shape index (κ2) is 41.5. The third kappa shape index (κ3) is 22.3. The number of rotatable bonds is 20. The minimum Gasteiger partial charge on any atom is -0.465 e. The Hall–Kier alpha value is -11.3. The highest BCUT2D eigenvalue weighted by molar-refractivity contribution is 9.10. The van der Waals surface area contributed by atoms with Gasteiger partial charge in [-0.25, -0.2) is 32.2 Å². The van der Waals surface area contributed by atoms with Gasteiger partial charge < -0.3 is 38.9 Å². The standard InChI is InChI=1S/C26H25FO3.C25H24FNO3.C22H25FO3.C16H14BrFO.C16H16FNO/c1-29-25(28)21-9-5-19(6-10-21)3-4-20-7-11-22(12-8-20)26(17-2-18-30-26)23-13-15-24(27)16-14-23;26-23-14-12-22(13-15-23)25(16-1-17-30-25)21-10-6-19(7-11-21)3-2-18-4-8-20(9-5-18)24(28)27-29;1-21(2,3)26-20(24)15-16-5-7-17(8-6-16)22(13-4-14-25-22)18-9-11-19(23)12-10-18;2*17-14-6-2-12(3-7-14)16(10-1-11-19-16)13-4-8-15(18)9-5-13/h5-16H,2-4,17-18H2,1H3;4-15,29H,1-3,16-17H2,(H,27,28);5-12H,4,13-15H2,1-3H3;2-9H,1,10-11H2;2-9H,1,10-11,18H2. The molecule has 0 aromatic heterocycles. The highest BCUT2D eigenvalue weighted by atomic mass is 79.9. The van der Waals surface area contributed by atoms with Gasteiger partial charge in [-0.05, 0) is 303 Å². The monoisotopic (exact) mass is 1740 g/mol. The maximum atomic E-state index is 13.4. The predicted octanol–water partition coefficient (Wildman–Crippen LogP) is 23.1. The third-order valence-electron chi connectivity index (χ3n) is 23.5.